The van der Waals surface area contributed by atoms with E-state index < -0.39 is 11.6 Å². The minimum atomic E-state index is -1.19. The highest BCUT2D eigenvalue weighted by molar-refractivity contribution is 6.10. The maximum atomic E-state index is 13.3. The van der Waals surface area contributed by atoms with Gasteiger partial charge in [-0.3, -0.25) is 14.5 Å². The van der Waals surface area contributed by atoms with Gasteiger partial charge < -0.3 is 10.2 Å². The third-order valence-corrected chi connectivity index (χ3v) is 6.02. The number of rotatable bonds is 3. The summed E-state index contributed by atoms with van der Waals surface area (Å²) in [4.78, 5) is 41.5. The fourth-order valence-electron chi connectivity index (χ4n) is 4.38. The number of carbonyl (C=O) groups is 3. The van der Waals surface area contributed by atoms with Crippen LogP contribution in [0.25, 0.3) is 10.8 Å². The van der Waals surface area contributed by atoms with Crippen LogP contribution in [0.5, 0.6) is 0 Å². The largest absolute Gasteiger partial charge is 0.338 e. The number of urea groups is 1. The topological polar surface area (TPSA) is 69.7 Å². The van der Waals surface area contributed by atoms with Crippen molar-refractivity contribution >= 4 is 28.6 Å². The van der Waals surface area contributed by atoms with Crippen molar-refractivity contribution in [3.8, 4) is 0 Å². The quantitative estimate of drug-likeness (QED) is 0.834. The minimum Gasteiger partial charge on any atom is -0.338 e. The first-order chi connectivity index (χ1) is 13.4. The monoisotopic (exact) mass is 379 g/mol. The number of fused-ring (bicyclic) bond motifs is 1. The van der Waals surface area contributed by atoms with E-state index >= 15 is 0 Å². The molecule has 0 saturated carbocycles. The number of carbonyl (C=O) groups excluding carboxylic acids is 3. The predicted molar refractivity (Wildman–Crippen MR) is 107 cm³/mol. The Morgan fingerprint density at radius 3 is 2.68 bits per heavy atom. The molecule has 0 spiro atoms. The van der Waals surface area contributed by atoms with Crippen LogP contribution in [0, 0.1) is 0 Å². The molecule has 0 radical (unpaired) electrons. The summed E-state index contributed by atoms with van der Waals surface area (Å²) < 4.78 is 0. The second-order valence-corrected chi connectivity index (χ2v) is 7.91. The molecule has 4 rings (SSSR count). The zero-order chi connectivity index (χ0) is 19.9. The summed E-state index contributed by atoms with van der Waals surface area (Å²) in [5, 5.41) is 4.74. The van der Waals surface area contributed by atoms with Crippen LogP contribution < -0.4 is 5.32 Å². The maximum absolute atomic E-state index is 13.3. The first-order valence-corrected chi connectivity index (χ1v) is 9.83. The molecule has 0 aromatic heterocycles. The second-order valence-electron chi connectivity index (χ2n) is 7.91. The van der Waals surface area contributed by atoms with E-state index in [2.05, 4.69) is 5.32 Å². The Bertz CT molecular complexity index is 952. The molecule has 0 aliphatic carbocycles. The van der Waals surface area contributed by atoms with Crippen molar-refractivity contribution in [3.05, 3.63) is 48.0 Å². The lowest BCUT2D eigenvalue weighted by Gasteiger charge is -2.34. The number of amides is 4. The summed E-state index contributed by atoms with van der Waals surface area (Å²) in [6.45, 7) is 4.20. The van der Waals surface area contributed by atoms with Gasteiger partial charge in [0.15, 0.2) is 0 Å². The van der Waals surface area contributed by atoms with Crippen LogP contribution in [0.2, 0.25) is 0 Å². The van der Waals surface area contributed by atoms with Crippen molar-refractivity contribution in [3.63, 3.8) is 0 Å². The summed E-state index contributed by atoms with van der Waals surface area (Å²) in [6.07, 6.45) is 3.02. The summed E-state index contributed by atoms with van der Waals surface area (Å²) in [6, 6.07) is 13.1. The Balaban J connectivity index is 1.62. The lowest BCUT2D eigenvalue weighted by Crippen LogP contribution is -2.48. The van der Waals surface area contributed by atoms with Gasteiger partial charge in [-0.25, -0.2) is 4.79 Å². The van der Waals surface area contributed by atoms with Gasteiger partial charge in [0.05, 0.1) is 0 Å². The summed E-state index contributed by atoms with van der Waals surface area (Å²) in [5.74, 6) is -0.551. The van der Waals surface area contributed by atoms with Gasteiger partial charge in [0.25, 0.3) is 5.91 Å². The first-order valence-electron chi connectivity index (χ1n) is 9.83. The highest BCUT2D eigenvalue weighted by Crippen LogP contribution is 2.34. The fourth-order valence-corrected chi connectivity index (χ4v) is 4.38. The molecule has 4 amide bonds. The molecule has 2 aliphatic rings. The Labute approximate surface area is 164 Å². The van der Waals surface area contributed by atoms with Crippen LogP contribution in [-0.2, 0) is 15.1 Å². The van der Waals surface area contributed by atoms with E-state index in [1.807, 2.05) is 49.4 Å². The van der Waals surface area contributed by atoms with E-state index in [1.54, 1.807) is 11.8 Å². The van der Waals surface area contributed by atoms with Gasteiger partial charge in [-0.2, -0.15) is 0 Å². The molecule has 6 heteroatoms. The van der Waals surface area contributed by atoms with Crippen molar-refractivity contribution in [2.45, 2.75) is 44.7 Å². The van der Waals surface area contributed by atoms with Gasteiger partial charge >= 0.3 is 6.03 Å². The van der Waals surface area contributed by atoms with Gasteiger partial charge in [-0.1, -0.05) is 42.5 Å². The van der Waals surface area contributed by atoms with E-state index in [4.69, 9.17) is 0 Å². The third kappa shape index (κ3) is 2.93. The van der Waals surface area contributed by atoms with Crippen LogP contribution in [0.1, 0.15) is 38.7 Å². The Kier molecular flexibility index (Phi) is 4.57. The lowest BCUT2D eigenvalue weighted by molar-refractivity contribution is -0.140. The predicted octanol–water partition coefficient (Wildman–Crippen LogP) is 3.01. The molecular formula is C22H25N3O3. The van der Waals surface area contributed by atoms with Crippen LogP contribution in [-0.4, -0.2) is 46.8 Å². The summed E-state index contributed by atoms with van der Waals surface area (Å²) >= 11 is 0. The molecule has 2 fully saturated rings. The highest BCUT2D eigenvalue weighted by Gasteiger charge is 2.50. The average molecular weight is 379 g/mol. The Hall–Kier alpha value is -2.89. The van der Waals surface area contributed by atoms with E-state index in [1.165, 1.54) is 0 Å². The van der Waals surface area contributed by atoms with Crippen LogP contribution in [0.3, 0.4) is 0 Å². The number of piperidine rings is 1. The molecule has 0 bridgehead atoms. The molecule has 1 N–H and O–H groups in total. The molecule has 2 aliphatic heterocycles. The van der Waals surface area contributed by atoms with Gasteiger partial charge in [0.1, 0.15) is 12.1 Å². The number of likely N-dealkylation sites (tertiary alicyclic amines) is 1. The third-order valence-electron chi connectivity index (χ3n) is 6.02. The lowest BCUT2D eigenvalue weighted by atomic mass is 9.88. The standard InChI is InChI=1S/C22H25N3O3/c1-15-8-5-6-13-24(15)19(26)14-25-20(27)22(2,23-21(25)28)18-12-7-10-16-9-3-4-11-17(16)18/h3-4,7,9-12,15H,5-6,8,13-14H2,1-2H3,(H,23,28)/t15-,22-/m1/s1. The summed E-state index contributed by atoms with van der Waals surface area (Å²) in [5.41, 5.74) is -0.448. The Morgan fingerprint density at radius 1 is 1.14 bits per heavy atom. The van der Waals surface area contributed by atoms with Crippen molar-refractivity contribution < 1.29 is 14.4 Å². The molecule has 2 saturated heterocycles. The van der Waals surface area contributed by atoms with Crippen molar-refractivity contribution in [1.82, 2.24) is 15.1 Å². The van der Waals surface area contributed by atoms with Crippen molar-refractivity contribution in [1.29, 1.82) is 0 Å². The van der Waals surface area contributed by atoms with E-state index in [9.17, 15) is 14.4 Å². The zero-order valence-corrected chi connectivity index (χ0v) is 16.3. The minimum absolute atomic E-state index is 0.145. The van der Waals surface area contributed by atoms with Crippen LogP contribution in [0.4, 0.5) is 4.79 Å². The van der Waals surface area contributed by atoms with Gasteiger partial charge in [0, 0.05) is 12.6 Å². The zero-order valence-electron chi connectivity index (χ0n) is 16.3. The molecule has 2 atom stereocenters. The first kappa shape index (κ1) is 18.5. The van der Waals surface area contributed by atoms with Gasteiger partial charge in [0.2, 0.25) is 5.91 Å². The number of nitrogens with zero attached hydrogens (tertiary/aromatic N) is 2. The number of imide groups is 1. The van der Waals surface area contributed by atoms with Crippen molar-refractivity contribution in [2.24, 2.45) is 0 Å². The number of nitrogens with one attached hydrogen (secondary N) is 1. The molecule has 146 valence electrons. The van der Waals surface area contributed by atoms with Gasteiger partial charge in [-0.15, -0.1) is 0 Å². The van der Waals surface area contributed by atoms with E-state index in [0.29, 0.717) is 6.54 Å². The SMILES string of the molecule is C[C@@H]1CCCCN1C(=O)CN1C(=O)N[C@](C)(c2cccc3ccccc23)C1=O. The van der Waals surface area contributed by atoms with Crippen molar-refractivity contribution in [2.75, 3.05) is 13.1 Å². The molecular weight excluding hydrogens is 354 g/mol. The normalized spacial score (nSPS) is 25.3. The fraction of sp³-hybridized carbons (Fsp3) is 0.409. The van der Waals surface area contributed by atoms with E-state index in [-0.39, 0.29) is 24.4 Å². The van der Waals surface area contributed by atoms with Crippen LogP contribution in [0.15, 0.2) is 42.5 Å². The highest BCUT2D eigenvalue weighted by atomic mass is 16.2. The van der Waals surface area contributed by atoms with Gasteiger partial charge in [-0.05, 0) is 49.4 Å². The smallest absolute Gasteiger partial charge is 0.325 e. The molecule has 28 heavy (non-hydrogen) atoms. The molecule has 2 aromatic carbocycles. The maximum Gasteiger partial charge on any atom is 0.325 e. The summed E-state index contributed by atoms with van der Waals surface area (Å²) in [7, 11) is 0. The average Bonchev–Trinajstić information content (AvgIpc) is 2.91. The molecule has 2 heterocycles. The molecule has 6 nitrogen and oxygen atoms in total. The molecule has 0 unspecified atom stereocenters. The second kappa shape index (κ2) is 6.93. The molecule has 2 aromatic rings. The number of hydrogen-bond acceptors (Lipinski definition) is 3. The van der Waals surface area contributed by atoms with E-state index in [0.717, 1.165) is 40.5 Å². The number of hydrogen-bond donors (Lipinski definition) is 1. The van der Waals surface area contributed by atoms with Crippen LogP contribution >= 0.6 is 0 Å². The number of benzene rings is 2. The Morgan fingerprint density at radius 2 is 1.89 bits per heavy atom.